The zero-order chi connectivity index (χ0) is 13.1. The fraction of sp³-hybridized carbons (Fsp3) is 0.250. The van der Waals surface area contributed by atoms with E-state index in [4.69, 9.17) is 9.52 Å². The Morgan fingerprint density at radius 3 is 2.94 bits per heavy atom. The Hall–Kier alpha value is -2.37. The van der Waals surface area contributed by atoms with E-state index in [0.717, 1.165) is 12.2 Å². The van der Waals surface area contributed by atoms with Crippen LogP contribution in [0.4, 0.5) is 0 Å². The minimum atomic E-state index is -1.16. The van der Waals surface area contributed by atoms with Crippen molar-refractivity contribution in [2.75, 3.05) is 0 Å². The molecule has 0 fully saturated rings. The molecular formula is C12H12N2O4. The third-order valence-electron chi connectivity index (χ3n) is 2.53. The quantitative estimate of drug-likeness (QED) is 0.816. The van der Waals surface area contributed by atoms with Crippen LogP contribution in [0.15, 0.2) is 40.1 Å². The number of hydrogen-bond donors (Lipinski definition) is 1. The van der Waals surface area contributed by atoms with Crippen LogP contribution >= 0.6 is 0 Å². The largest absolute Gasteiger partial charge is 0.478 e. The maximum atomic E-state index is 11.7. The van der Waals surface area contributed by atoms with Gasteiger partial charge in [0.15, 0.2) is 0 Å². The van der Waals surface area contributed by atoms with Crippen LogP contribution in [0, 0.1) is 0 Å². The summed E-state index contributed by atoms with van der Waals surface area (Å²) in [7, 11) is 0. The van der Waals surface area contributed by atoms with E-state index in [2.05, 4.69) is 5.10 Å². The molecular weight excluding hydrogens is 236 g/mol. The topological polar surface area (TPSA) is 83.1 Å². The van der Waals surface area contributed by atoms with Crippen molar-refractivity contribution in [2.45, 2.75) is 19.4 Å². The molecule has 0 aromatic carbocycles. The molecule has 0 radical (unpaired) electrons. The number of amides is 1. The van der Waals surface area contributed by atoms with Gasteiger partial charge in [0.2, 0.25) is 0 Å². The maximum absolute atomic E-state index is 11.7. The number of carboxylic acids is 1. The Morgan fingerprint density at radius 1 is 1.56 bits per heavy atom. The Labute approximate surface area is 103 Å². The van der Waals surface area contributed by atoms with Crippen LogP contribution in [0.2, 0.25) is 0 Å². The molecule has 18 heavy (non-hydrogen) atoms. The second kappa shape index (κ2) is 4.87. The van der Waals surface area contributed by atoms with Crippen molar-refractivity contribution in [3.63, 3.8) is 0 Å². The number of nitrogens with zero attached hydrogens (tertiary/aromatic N) is 2. The normalized spacial score (nSPS) is 19.3. The fourth-order valence-electron chi connectivity index (χ4n) is 1.71. The molecule has 1 N–H and O–H groups in total. The maximum Gasteiger partial charge on any atom is 0.328 e. The molecule has 1 unspecified atom stereocenters. The van der Waals surface area contributed by atoms with E-state index in [1.165, 1.54) is 11.3 Å². The number of carbonyl (C=O) groups is 2. The van der Waals surface area contributed by atoms with Gasteiger partial charge in [-0.1, -0.05) is 0 Å². The van der Waals surface area contributed by atoms with E-state index in [1.807, 2.05) is 6.92 Å². The summed E-state index contributed by atoms with van der Waals surface area (Å²) in [5, 5.41) is 13.9. The van der Waals surface area contributed by atoms with Gasteiger partial charge in [-0.2, -0.15) is 5.10 Å². The van der Waals surface area contributed by atoms with E-state index < -0.39 is 11.9 Å². The monoisotopic (exact) mass is 248 g/mol. The summed E-state index contributed by atoms with van der Waals surface area (Å²) in [5.41, 5.74) is 0.685. The van der Waals surface area contributed by atoms with Crippen LogP contribution in [-0.2, 0) is 9.59 Å². The Bertz CT molecular complexity index is 516. The Morgan fingerprint density at radius 2 is 2.33 bits per heavy atom. The molecule has 1 aromatic heterocycles. The predicted molar refractivity (Wildman–Crippen MR) is 62.9 cm³/mol. The second-order valence-electron chi connectivity index (χ2n) is 3.93. The molecule has 0 aliphatic carbocycles. The first-order valence-electron chi connectivity index (χ1n) is 5.43. The van der Waals surface area contributed by atoms with Crippen LogP contribution < -0.4 is 0 Å². The molecule has 1 aliphatic heterocycles. The molecule has 0 spiro atoms. The Balaban J connectivity index is 2.14. The summed E-state index contributed by atoms with van der Waals surface area (Å²) in [6.45, 7) is 1.84. The number of carboxylic acid groups (broad SMARTS) is 1. The molecule has 2 rings (SSSR count). The van der Waals surface area contributed by atoms with Gasteiger partial charge in [0.1, 0.15) is 11.5 Å². The molecule has 1 amide bonds. The minimum absolute atomic E-state index is 0.115. The summed E-state index contributed by atoms with van der Waals surface area (Å²) in [6, 6.07) is 3.40. The van der Waals surface area contributed by atoms with Gasteiger partial charge < -0.3 is 9.52 Å². The standard InChI is InChI=1S/C12H12N2O4/c1-8-7-9(10-3-2-6-18-10)13-14(8)11(15)4-5-12(16)17/h2-6,8H,7H2,1H3,(H,16,17). The van der Waals surface area contributed by atoms with E-state index in [0.29, 0.717) is 17.9 Å². The lowest BCUT2D eigenvalue weighted by molar-refractivity contribution is -0.132. The van der Waals surface area contributed by atoms with Crippen molar-refractivity contribution >= 4 is 17.6 Å². The lowest BCUT2D eigenvalue weighted by Crippen LogP contribution is -2.29. The van der Waals surface area contributed by atoms with Gasteiger partial charge >= 0.3 is 5.97 Å². The van der Waals surface area contributed by atoms with Crippen molar-refractivity contribution in [1.29, 1.82) is 0 Å². The molecule has 1 atom stereocenters. The van der Waals surface area contributed by atoms with Gasteiger partial charge in [0, 0.05) is 18.6 Å². The third-order valence-corrected chi connectivity index (χ3v) is 2.53. The summed E-state index contributed by atoms with van der Waals surface area (Å²) in [5.74, 6) is -0.990. The van der Waals surface area contributed by atoms with E-state index in [1.54, 1.807) is 12.1 Å². The van der Waals surface area contributed by atoms with E-state index in [9.17, 15) is 9.59 Å². The third kappa shape index (κ3) is 2.48. The fourth-order valence-corrected chi connectivity index (χ4v) is 1.71. The number of hydrazone groups is 1. The van der Waals surface area contributed by atoms with Crippen molar-refractivity contribution in [3.05, 3.63) is 36.3 Å². The lowest BCUT2D eigenvalue weighted by atomic mass is 10.1. The van der Waals surface area contributed by atoms with Crippen LogP contribution in [0.5, 0.6) is 0 Å². The van der Waals surface area contributed by atoms with Gasteiger partial charge in [-0.05, 0) is 19.1 Å². The molecule has 1 aliphatic rings. The number of furan rings is 1. The van der Waals surface area contributed by atoms with Crippen LogP contribution in [0.25, 0.3) is 0 Å². The first-order chi connectivity index (χ1) is 8.58. The number of hydrogen-bond acceptors (Lipinski definition) is 4. The molecule has 0 saturated carbocycles. The van der Waals surface area contributed by atoms with Crippen molar-refractivity contribution in [3.8, 4) is 0 Å². The highest BCUT2D eigenvalue weighted by Crippen LogP contribution is 2.20. The summed E-state index contributed by atoms with van der Waals surface area (Å²) in [4.78, 5) is 22.1. The molecule has 6 nitrogen and oxygen atoms in total. The summed E-state index contributed by atoms with van der Waals surface area (Å²) >= 11 is 0. The highest BCUT2D eigenvalue weighted by atomic mass is 16.4. The van der Waals surface area contributed by atoms with Crippen LogP contribution in [-0.4, -0.2) is 33.7 Å². The SMILES string of the molecule is CC1CC(c2ccco2)=NN1C(=O)C=CC(=O)O. The molecule has 94 valence electrons. The van der Waals surface area contributed by atoms with Crippen molar-refractivity contribution < 1.29 is 19.1 Å². The average molecular weight is 248 g/mol. The minimum Gasteiger partial charge on any atom is -0.478 e. The van der Waals surface area contributed by atoms with Gasteiger partial charge in [0.05, 0.1) is 12.3 Å². The van der Waals surface area contributed by atoms with Crippen molar-refractivity contribution in [2.24, 2.45) is 5.10 Å². The van der Waals surface area contributed by atoms with E-state index in [-0.39, 0.29) is 6.04 Å². The highest BCUT2D eigenvalue weighted by molar-refractivity contribution is 6.02. The van der Waals surface area contributed by atoms with Gasteiger partial charge in [0.25, 0.3) is 5.91 Å². The second-order valence-corrected chi connectivity index (χ2v) is 3.93. The zero-order valence-corrected chi connectivity index (χ0v) is 9.74. The van der Waals surface area contributed by atoms with Crippen LogP contribution in [0.3, 0.4) is 0 Å². The number of aliphatic carboxylic acids is 1. The van der Waals surface area contributed by atoms with Gasteiger partial charge in [-0.3, -0.25) is 4.79 Å². The zero-order valence-electron chi connectivity index (χ0n) is 9.74. The first-order valence-corrected chi connectivity index (χ1v) is 5.43. The molecule has 0 bridgehead atoms. The van der Waals surface area contributed by atoms with Crippen molar-refractivity contribution in [1.82, 2.24) is 5.01 Å². The lowest BCUT2D eigenvalue weighted by Gasteiger charge is -2.14. The first kappa shape index (κ1) is 12.1. The smallest absolute Gasteiger partial charge is 0.328 e. The molecule has 2 heterocycles. The van der Waals surface area contributed by atoms with Gasteiger partial charge in [-0.15, -0.1) is 0 Å². The van der Waals surface area contributed by atoms with E-state index >= 15 is 0 Å². The summed E-state index contributed by atoms with van der Waals surface area (Å²) in [6.07, 6.45) is 3.92. The van der Waals surface area contributed by atoms with Crippen LogP contribution in [0.1, 0.15) is 19.1 Å². The van der Waals surface area contributed by atoms with Gasteiger partial charge in [-0.25, -0.2) is 9.80 Å². The molecule has 1 aromatic rings. The number of carbonyl (C=O) groups excluding carboxylic acids is 1. The molecule has 0 saturated heterocycles. The molecule has 6 heteroatoms. The predicted octanol–water partition coefficient (Wildman–Crippen LogP) is 1.25. The Kier molecular flexibility index (Phi) is 3.27. The highest BCUT2D eigenvalue weighted by Gasteiger charge is 2.28. The summed E-state index contributed by atoms with van der Waals surface area (Å²) < 4.78 is 5.21. The number of rotatable bonds is 3. The average Bonchev–Trinajstić information content (AvgIpc) is 2.94.